The molecule has 208 valence electrons. The van der Waals surface area contributed by atoms with E-state index in [1.165, 1.54) is 17.8 Å². The predicted octanol–water partition coefficient (Wildman–Crippen LogP) is 7.83. The van der Waals surface area contributed by atoms with Crippen LogP contribution in [-0.4, -0.2) is 23.0 Å². The van der Waals surface area contributed by atoms with Crippen LogP contribution >= 0.6 is 35.0 Å². The van der Waals surface area contributed by atoms with Gasteiger partial charge in [0.15, 0.2) is 0 Å². The van der Waals surface area contributed by atoms with Crippen molar-refractivity contribution in [3.8, 4) is 0 Å². The van der Waals surface area contributed by atoms with Gasteiger partial charge in [-0.3, -0.25) is 14.4 Å². The normalized spacial score (nSPS) is 11.9. The lowest BCUT2D eigenvalue weighted by Gasteiger charge is -2.14. The number of carbonyl (C=O) groups excluding carboxylic acids is 3. The highest BCUT2D eigenvalue weighted by Gasteiger charge is 2.17. The second-order valence-corrected chi connectivity index (χ2v) is 11.3. The van der Waals surface area contributed by atoms with Gasteiger partial charge in [0, 0.05) is 31.9 Å². The quantitative estimate of drug-likeness (QED) is 0.134. The van der Waals surface area contributed by atoms with Crippen LogP contribution in [0.3, 0.4) is 0 Å². The zero-order valence-electron chi connectivity index (χ0n) is 22.3. The van der Waals surface area contributed by atoms with E-state index < -0.39 is 11.8 Å². The smallest absolute Gasteiger partial charge is 0.272 e. The van der Waals surface area contributed by atoms with Gasteiger partial charge in [0.25, 0.3) is 11.8 Å². The van der Waals surface area contributed by atoms with Crippen molar-refractivity contribution in [1.29, 1.82) is 0 Å². The lowest BCUT2D eigenvalue weighted by atomic mass is 10.1. The highest BCUT2D eigenvalue weighted by atomic mass is 35.5. The SMILES string of the molecule is Cc1ccc(NC(=O)C(C)Sc2ccc(NC(=O)/C(=C/c3ccccc3Cl)NC(=O)c3ccccc3)cc2)cc1Cl. The van der Waals surface area contributed by atoms with E-state index in [1.807, 2.05) is 38.1 Å². The predicted molar refractivity (Wildman–Crippen MR) is 169 cm³/mol. The van der Waals surface area contributed by atoms with Crippen LogP contribution in [0.5, 0.6) is 0 Å². The van der Waals surface area contributed by atoms with Gasteiger partial charge in [-0.1, -0.05) is 65.7 Å². The average Bonchev–Trinajstić information content (AvgIpc) is 2.97. The van der Waals surface area contributed by atoms with Crippen LogP contribution in [-0.2, 0) is 9.59 Å². The number of hydrogen-bond donors (Lipinski definition) is 3. The third kappa shape index (κ3) is 8.47. The van der Waals surface area contributed by atoms with E-state index in [4.69, 9.17) is 23.2 Å². The Morgan fingerprint density at radius 3 is 2.12 bits per heavy atom. The standard InChI is InChI=1S/C32H27Cl2N3O3S/c1-20-12-13-25(19-28(20)34)36-30(38)21(2)41-26-16-14-24(15-17-26)35-32(40)29(18-23-10-6-7-11-27(23)33)37-31(39)22-8-4-3-5-9-22/h3-19,21H,1-2H3,(H,35,40)(H,36,38)(H,37,39)/b29-18-. The molecule has 0 aliphatic carbocycles. The van der Waals surface area contributed by atoms with Crippen molar-refractivity contribution in [2.24, 2.45) is 0 Å². The van der Waals surface area contributed by atoms with Crippen LogP contribution in [0.15, 0.2) is 108 Å². The monoisotopic (exact) mass is 603 g/mol. The maximum atomic E-state index is 13.3. The molecule has 3 amide bonds. The largest absolute Gasteiger partial charge is 0.325 e. The lowest BCUT2D eigenvalue weighted by Crippen LogP contribution is -2.30. The van der Waals surface area contributed by atoms with Gasteiger partial charge in [0.05, 0.1) is 5.25 Å². The van der Waals surface area contributed by atoms with Gasteiger partial charge in [0.1, 0.15) is 5.70 Å². The minimum atomic E-state index is -0.515. The fourth-order valence-corrected chi connectivity index (χ4v) is 4.92. The fraction of sp³-hybridized carbons (Fsp3) is 0.0938. The molecule has 0 bridgehead atoms. The Labute approximate surface area is 253 Å². The molecule has 4 aromatic rings. The molecule has 0 aromatic heterocycles. The number of aryl methyl sites for hydroxylation is 1. The summed E-state index contributed by atoms with van der Waals surface area (Å²) in [5.41, 5.74) is 3.12. The molecule has 1 atom stereocenters. The number of nitrogens with one attached hydrogen (secondary N) is 3. The van der Waals surface area contributed by atoms with Crippen molar-refractivity contribution in [2.45, 2.75) is 24.0 Å². The zero-order valence-corrected chi connectivity index (χ0v) is 24.6. The molecule has 0 radical (unpaired) electrons. The Balaban J connectivity index is 1.43. The van der Waals surface area contributed by atoms with E-state index in [-0.39, 0.29) is 16.9 Å². The molecule has 0 saturated carbocycles. The fourth-order valence-electron chi connectivity index (χ4n) is 3.68. The molecule has 4 rings (SSSR count). The highest BCUT2D eigenvalue weighted by molar-refractivity contribution is 8.00. The molecule has 0 heterocycles. The number of thioether (sulfide) groups is 1. The molecule has 9 heteroatoms. The maximum Gasteiger partial charge on any atom is 0.272 e. The van der Waals surface area contributed by atoms with Crippen LogP contribution in [0, 0.1) is 6.92 Å². The Bertz CT molecular complexity index is 1590. The van der Waals surface area contributed by atoms with E-state index in [0.29, 0.717) is 32.5 Å². The molecule has 4 aromatic carbocycles. The molecular weight excluding hydrogens is 577 g/mol. The van der Waals surface area contributed by atoms with Crippen molar-refractivity contribution in [3.63, 3.8) is 0 Å². The summed E-state index contributed by atoms with van der Waals surface area (Å²) in [5.74, 6) is -1.10. The molecule has 0 spiro atoms. The third-order valence-electron chi connectivity index (χ3n) is 5.97. The molecular formula is C32H27Cl2N3O3S. The summed E-state index contributed by atoms with van der Waals surface area (Å²) < 4.78 is 0. The average molecular weight is 605 g/mol. The maximum absolute atomic E-state index is 13.3. The van der Waals surface area contributed by atoms with Crippen molar-refractivity contribution in [3.05, 3.63) is 129 Å². The minimum Gasteiger partial charge on any atom is -0.325 e. The second kappa shape index (κ2) is 14.0. The Morgan fingerprint density at radius 1 is 0.780 bits per heavy atom. The summed E-state index contributed by atoms with van der Waals surface area (Å²) in [4.78, 5) is 39.6. The summed E-state index contributed by atoms with van der Waals surface area (Å²) in [6.07, 6.45) is 1.53. The Kier molecular flexibility index (Phi) is 10.2. The second-order valence-electron chi connectivity index (χ2n) is 9.09. The number of anilines is 2. The number of benzene rings is 4. The van der Waals surface area contributed by atoms with Crippen LogP contribution in [0.4, 0.5) is 11.4 Å². The van der Waals surface area contributed by atoms with Crippen LogP contribution in [0.1, 0.15) is 28.4 Å². The number of rotatable bonds is 9. The summed E-state index contributed by atoms with van der Waals surface area (Å²) in [6.45, 7) is 3.71. The minimum absolute atomic E-state index is 0.0342. The molecule has 0 saturated heterocycles. The number of halogens is 2. The molecule has 1 unspecified atom stereocenters. The summed E-state index contributed by atoms with van der Waals surface area (Å²) in [5, 5.41) is 9.05. The third-order valence-corrected chi connectivity index (χ3v) is 7.83. The van der Waals surface area contributed by atoms with Gasteiger partial charge in [-0.05, 0) is 85.6 Å². The zero-order chi connectivity index (χ0) is 29.4. The van der Waals surface area contributed by atoms with Crippen LogP contribution in [0.25, 0.3) is 6.08 Å². The molecule has 6 nitrogen and oxygen atoms in total. The first-order valence-corrected chi connectivity index (χ1v) is 14.3. The van der Waals surface area contributed by atoms with Gasteiger partial charge in [-0.25, -0.2) is 0 Å². The first-order valence-electron chi connectivity index (χ1n) is 12.7. The lowest BCUT2D eigenvalue weighted by molar-refractivity contribution is -0.115. The Hall–Kier alpha value is -4.04. The molecule has 0 aliphatic rings. The van der Waals surface area contributed by atoms with Gasteiger partial charge < -0.3 is 16.0 Å². The highest BCUT2D eigenvalue weighted by Crippen LogP contribution is 2.27. The van der Waals surface area contributed by atoms with Gasteiger partial charge >= 0.3 is 0 Å². The van der Waals surface area contributed by atoms with E-state index in [2.05, 4.69) is 16.0 Å². The molecule has 41 heavy (non-hydrogen) atoms. The first kappa shape index (κ1) is 29.9. The van der Waals surface area contributed by atoms with Crippen molar-refractivity contribution >= 4 is 70.1 Å². The van der Waals surface area contributed by atoms with Gasteiger partial charge in [-0.2, -0.15) is 0 Å². The van der Waals surface area contributed by atoms with Crippen molar-refractivity contribution in [2.75, 3.05) is 10.6 Å². The molecule has 0 aliphatic heterocycles. The van der Waals surface area contributed by atoms with Crippen LogP contribution < -0.4 is 16.0 Å². The molecule has 0 fully saturated rings. The van der Waals surface area contributed by atoms with E-state index in [0.717, 1.165) is 10.5 Å². The van der Waals surface area contributed by atoms with Crippen molar-refractivity contribution in [1.82, 2.24) is 5.32 Å². The van der Waals surface area contributed by atoms with Crippen molar-refractivity contribution < 1.29 is 14.4 Å². The summed E-state index contributed by atoms with van der Waals surface area (Å²) >= 11 is 13.8. The summed E-state index contributed by atoms with van der Waals surface area (Å²) in [7, 11) is 0. The van der Waals surface area contributed by atoms with Gasteiger partial charge in [-0.15, -0.1) is 11.8 Å². The topological polar surface area (TPSA) is 87.3 Å². The van der Waals surface area contributed by atoms with Crippen LogP contribution in [0.2, 0.25) is 10.0 Å². The number of amides is 3. The number of hydrogen-bond acceptors (Lipinski definition) is 4. The Morgan fingerprint density at radius 2 is 1.44 bits per heavy atom. The summed E-state index contributed by atoms with van der Waals surface area (Å²) in [6, 6.07) is 28.1. The van der Waals surface area contributed by atoms with E-state index in [9.17, 15) is 14.4 Å². The first-order chi connectivity index (χ1) is 19.7. The van der Waals surface area contributed by atoms with Gasteiger partial charge in [0.2, 0.25) is 5.91 Å². The molecule has 3 N–H and O–H groups in total. The number of carbonyl (C=O) groups is 3. The van der Waals surface area contributed by atoms with E-state index >= 15 is 0 Å². The van der Waals surface area contributed by atoms with E-state index in [1.54, 1.807) is 72.8 Å².